The van der Waals surface area contributed by atoms with E-state index in [0.29, 0.717) is 13.2 Å². The van der Waals surface area contributed by atoms with Crippen molar-refractivity contribution in [1.82, 2.24) is 9.80 Å². The summed E-state index contributed by atoms with van der Waals surface area (Å²) in [6, 6.07) is 9.83. The fraction of sp³-hybridized carbons (Fsp3) is 0.579. The van der Waals surface area contributed by atoms with Crippen LogP contribution in [0.2, 0.25) is 0 Å². The molecular formula is C19H28N2O3. The molecule has 0 radical (unpaired) electrons. The summed E-state index contributed by atoms with van der Waals surface area (Å²) >= 11 is 0. The zero-order valence-electron chi connectivity index (χ0n) is 14.9. The molecule has 1 aliphatic heterocycles. The van der Waals surface area contributed by atoms with Crippen LogP contribution >= 0.6 is 0 Å². The highest BCUT2D eigenvalue weighted by Crippen LogP contribution is 2.21. The van der Waals surface area contributed by atoms with E-state index in [1.54, 1.807) is 4.90 Å². The van der Waals surface area contributed by atoms with Crippen molar-refractivity contribution in [2.24, 2.45) is 5.92 Å². The Morgan fingerprint density at radius 2 is 1.88 bits per heavy atom. The number of carbonyl (C=O) groups is 2. The van der Waals surface area contributed by atoms with Crippen LogP contribution in [0.25, 0.3) is 0 Å². The van der Waals surface area contributed by atoms with Gasteiger partial charge in [0.15, 0.2) is 0 Å². The van der Waals surface area contributed by atoms with Crippen LogP contribution in [0.5, 0.6) is 0 Å². The topological polar surface area (TPSA) is 49.9 Å². The van der Waals surface area contributed by atoms with Gasteiger partial charge in [-0.3, -0.25) is 14.5 Å². The van der Waals surface area contributed by atoms with Crippen molar-refractivity contribution in [3.8, 4) is 0 Å². The maximum absolute atomic E-state index is 12.7. The number of esters is 1. The Labute approximate surface area is 144 Å². The Morgan fingerprint density at radius 3 is 2.46 bits per heavy atom. The van der Waals surface area contributed by atoms with Gasteiger partial charge >= 0.3 is 5.97 Å². The van der Waals surface area contributed by atoms with E-state index in [1.165, 1.54) is 0 Å². The Kier molecular flexibility index (Phi) is 6.79. The van der Waals surface area contributed by atoms with Gasteiger partial charge in [0, 0.05) is 13.6 Å². The fourth-order valence-electron chi connectivity index (χ4n) is 3.19. The standard InChI is InChI=1S/C19H28N2O3/c1-4-24-19(23)17-10-12-21(13-11-17)15(2)18(22)20(3)14-16-8-6-5-7-9-16/h5-9,15,17H,4,10-14H2,1-3H3. The molecule has 0 bridgehead atoms. The molecule has 132 valence electrons. The van der Waals surface area contributed by atoms with Gasteiger partial charge in [0.1, 0.15) is 0 Å². The number of benzene rings is 1. The third-order valence-corrected chi connectivity index (χ3v) is 4.69. The first-order chi connectivity index (χ1) is 11.5. The molecule has 0 aromatic heterocycles. The number of hydrogen-bond donors (Lipinski definition) is 0. The van der Waals surface area contributed by atoms with Crippen LogP contribution in [0.15, 0.2) is 30.3 Å². The van der Waals surface area contributed by atoms with Gasteiger partial charge in [-0.05, 0) is 45.3 Å². The Morgan fingerprint density at radius 1 is 1.25 bits per heavy atom. The van der Waals surface area contributed by atoms with Crippen LogP contribution in [0, 0.1) is 5.92 Å². The zero-order chi connectivity index (χ0) is 17.5. The molecule has 5 nitrogen and oxygen atoms in total. The zero-order valence-corrected chi connectivity index (χ0v) is 14.9. The molecule has 1 saturated heterocycles. The van der Waals surface area contributed by atoms with E-state index in [1.807, 2.05) is 51.2 Å². The summed E-state index contributed by atoms with van der Waals surface area (Å²) < 4.78 is 5.10. The second kappa shape index (κ2) is 8.83. The van der Waals surface area contributed by atoms with Crippen LogP contribution in [0.1, 0.15) is 32.3 Å². The molecule has 1 aliphatic rings. The molecule has 1 unspecified atom stereocenters. The van der Waals surface area contributed by atoms with Gasteiger partial charge in [-0.15, -0.1) is 0 Å². The molecule has 1 heterocycles. The largest absolute Gasteiger partial charge is 0.466 e. The maximum atomic E-state index is 12.7. The minimum atomic E-state index is -0.165. The lowest BCUT2D eigenvalue weighted by molar-refractivity contribution is -0.150. The molecule has 24 heavy (non-hydrogen) atoms. The number of nitrogens with zero attached hydrogens (tertiary/aromatic N) is 2. The molecule has 5 heteroatoms. The van der Waals surface area contributed by atoms with Crippen molar-refractivity contribution >= 4 is 11.9 Å². The van der Waals surface area contributed by atoms with Gasteiger partial charge in [0.05, 0.1) is 18.6 Å². The SMILES string of the molecule is CCOC(=O)C1CCN(C(C)C(=O)N(C)Cc2ccccc2)CC1. The summed E-state index contributed by atoms with van der Waals surface area (Å²) in [4.78, 5) is 28.4. The first-order valence-corrected chi connectivity index (χ1v) is 8.72. The summed E-state index contributed by atoms with van der Waals surface area (Å²) in [7, 11) is 1.84. The van der Waals surface area contributed by atoms with Crippen molar-refractivity contribution in [2.75, 3.05) is 26.7 Å². The van der Waals surface area contributed by atoms with Gasteiger partial charge in [-0.2, -0.15) is 0 Å². The van der Waals surface area contributed by atoms with E-state index in [-0.39, 0.29) is 23.8 Å². The predicted octanol–water partition coefficient (Wildman–Crippen LogP) is 2.31. The average Bonchev–Trinajstić information content (AvgIpc) is 2.61. The Balaban J connectivity index is 1.84. The minimum Gasteiger partial charge on any atom is -0.466 e. The van der Waals surface area contributed by atoms with Crippen LogP contribution in [0.3, 0.4) is 0 Å². The minimum absolute atomic E-state index is 0.0226. The maximum Gasteiger partial charge on any atom is 0.309 e. The van der Waals surface area contributed by atoms with E-state index in [4.69, 9.17) is 4.74 Å². The molecule has 0 spiro atoms. The van der Waals surface area contributed by atoms with E-state index in [2.05, 4.69) is 4.90 Å². The number of carbonyl (C=O) groups excluding carboxylic acids is 2. The number of hydrogen-bond acceptors (Lipinski definition) is 4. The van der Waals surface area contributed by atoms with E-state index in [0.717, 1.165) is 31.5 Å². The molecule has 0 aliphatic carbocycles. The lowest BCUT2D eigenvalue weighted by Gasteiger charge is -2.36. The highest BCUT2D eigenvalue weighted by molar-refractivity contribution is 5.81. The van der Waals surface area contributed by atoms with Gasteiger partial charge < -0.3 is 9.64 Å². The Hall–Kier alpha value is -1.88. The van der Waals surface area contributed by atoms with Crippen molar-refractivity contribution in [3.05, 3.63) is 35.9 Å². The lowest BCUT2D eigenvalue weighted by Crippen LogP contribution is -2.49. The molecule has 2 rings (SSSR count). The van der Waals surface area contributed by atoms with Crippen LogP contribution in [-0.2, 0) is 20.9 Å². The molecule has 1 atom stereocenters. The number of amides is 1. The molecule has 1 aromatic carbocycles. The van der Waals surface area contributed by atoms with Crippen LogP contribution in [-0.4, -0.2) is 54.5 Å². The van der Waals surface area contributed by atoms with Crippen LogP contribution in [0.4, 0.5) is 0 Å². The number of ether oxygens (including phenoxy) is 1. The first kappa shape index (κ1) is 18.5. The predicted molar refractivity (Wildman–Crippen MR) is 93.3 cm³/mol. The smallest absolute Gasteiger partial charge is 0.309 e. The fourth-order valence-corrected chi connectivity index (χ4v) is 3.19. The van der Waals surface area contributed by atoms with Crippen molar-refractivity contribution < 1.29 is 14.3 Å². The summed E-state index contributed by atoms with van der Waals surface area (Å²) in [6.45, 7) is 6.34. The van der Waals surface area contributed by atoms with E-state index < -0.39 is 0 Å². The van der Waals surface area contributed by atoms with Crippen molar-refractivity contribution in [1.29, 1.82) is 0 Å². The Bertz CT molecular complexity index is 539. The molecule has 0 N–H and O–H groups in total. The quantitative estimate of drug-likeness (QED) is 0.750. The van der Waals surface area contributed by atoms with Crippen molar-refractivity contribution in [3.63, 3.8) is 0 Å². The van der Waals surface area contributed by atoms with Crippen LogP contribution < -0.4 is 0 Å². The van der Waals surface area contributed by atoms with Gasteiger partial charge in [0.2, 0.25) is 5.91 Å². The number of rotatable bonds is 6. The molecular weight excluding hydrogens is 304 g/mol. The van der Waals surface area contributed by atoms with Gasteiger partial charge in [-0.1, -0.05) is 30.3 Å². The van der Waals surface area contributed by atoms with Gasteiger partial charge in [-0.25, -0.2) is 0 Å². The summed E-state index contributed by atoms with van der Waals surface area (Å²) in [5.74, 6) is -0.00341. The average molecular weight is 332 g/mol. The molecule has 1 fully saturated rings. The summed E-state index contributed by atoms with van der Waals surface area (Å²) in [5, 5.41) is 0. The number of likely N-dealkylation sites (N-methyl/N-ethyl adjacent to an activating group) is 1. The van der Waals surface area contributed by atoms with E-state index >= 15 is 0 Å². The molecule has 1 aromatic rings. The number of likely N-dealkylation sites (tertiary alicyclic amines) is 1. The monoisotopic (exact) mass is 332 g/mol. The second-order valence-electron chi connectivity index (χ2n) is 6.42. The third-order valence-electron chi connectivity index (χ3n) is 4.69. The third kappa shape index (κ3) is 4.81. The molecule has 1 amide bonds. The molecule has 0 saturated carbocycles. The highest BCUT2D eigenvalue weighted by Gasteiger charge is 2.31. The highest BCUT2D eigenvalue weighted by atomic mass is 16.5. The number of piperidine rings is 1. The van der Waals surface area contributed by atoms with E-state index in [9.17, 15) is 9.59 Å². The second-order valence-corrected chi connectivity index (χ2v) is 6.42. The van der Waals surface area contributed by atoms with Gasteiger partial charge in [0.25, 0.3) is 0 Å². The first-order valence-electron chi connectivity index (χ1n) is 8.72. The normalized spacial score (nSPS) is 17.3. The summed E-state index contributed by atoms with van der Waals surface area (Å²) in [5.41, 5.74) is 1.13. The van der Waals surface area contributed by atoms with Crippen molar-refractivity contribution in [2.45, 2.75) is 39.3 Å². The summed E-state index contributed by atoms with van der Waals surface area (Å²) in [6.07, 6.45) is 1.53. The lowest BCUT2D eigenvalue weighted by atomic mass is 9.96.